The first-order valence-corrected chi connectivity index (χ1v) is 7.40. The minimum absolute atomic E-state index is 0.0529. The number of carbonyl (C=O) groups excluding carboxylic acids is 2. The highest BCUT2D eigenvalue weighted by Crippen LogP contribution is 2.15. The fraction of sp³-hybridized carbons (Fsp3) is 0.833. The summed E-state index contributed by atoms with van der Waals surface area (Å²) in [6.45, 7) is 4.70. The standard InChI is InChI=1S/C12H21BrN2O2/c1-3-4-10-11(16)15(12(17)14-10)8-6-9(2)5-7-13/h9-10H,3-8H2,1-2H3,(H,14,17). The number of rotatable bonds is 7. The Kier molecular flexibility index (Phi) is 5.95. The van der Waals surface area contributed by atoms with Gasteiger partial charge in [0, 0.05) is 11.9 Å². The first-order valence-electron chi connectivity index (χ1n) is 6.28. The highest BCUT2D eigenvalue weighted by atomic mass is 79.9. The second-order valence-corrected chi connectivity index (χ2v) is 5.45. The maximum Gasteiger partial charge on any atom is 0.324 e. The van der Waals surface area contributed by atoms with E-state index in [2.05, 4.69) is 28.2 Å². The van der Waals surface area contributed by atoms with Crippen LogP contribution in [0.2, 0.25) is 0 Å². The average Bonchev–Trinajstić information content (AvgIpc) is 2.53. The van der Waals surface area contributed by atoms with Gasteiger partial charge < -0.3 is 5.32 Å². The summed E-state index contributed by atoms with van der Waals surface area (Å²) in [5.41, 5.74) is 0. The molecule has 0 radical (unpaired) electrons. The number of nitrogens with zero attached hydrogens (tertiary/aromatic N) is 1. The van der Waals surface area contributed by atoms with E-state index in [0.717, 1.165) is 31.0 Å². The SMILES string of the molecule is CCCC1NC(=O)N(CCC(C)CCBr)C1=O. The predicted octanol–water partition coefficient (Wildman–Crippen LogP) is 2.52. The van der Waals surface area contributed by atoms with E-state index in [-0.39, 0.29) is 18.0 Å². The smallest absolute Gasteiger partial charge is 0.324 e. The average molecular weight is 305 g/mol. The van der Waals surface area contributed by atoms with Gasteiger partial charge in [-0.2, -0.15) is 0 Å². The number of hydrogen-bond acceptors (Lipinski definition) is 2. The minimum Gasteiger partial charge on any atom is -0.326 e. The maximum absolute atomic E-state index is 11.9. The molecule has 2 unspecified atom stereocenters. The fourth-order valence-corrected chi connectivity index (χ4v) is 2.73. The molecule has 0 spiro atoms. The summed E-state index contributed by atoms with van der Waals surface area (Å²) in [5.74, 6) is 0.475. The number of amides is 3. The van der Waals surface area contributed by atoms with E-state index in [4.69, 9.17) is 0 Å². The van der Waals surface area contributed by atoms with E-state index in [0.29, 0.717) is 12.5 Å². The molecular formula is C12H21BrN2O2. The molecule has 1 N–H and O–H groups in total. The Morgan fingerprint density at radius 3 is 2.71 bits per heavy atom. The molecule has 5 heteroatoms. The summed E-state index contributed by atoms with van der Waals surface area (Å²) >= 11 is 3.40. The van der Waals surface area contributed by atoms with Gasteiger partial charge in [-0.05, 0) is 25.2 Å². The number of imide groups is 1. The lowest BCUT2D eigenvalue weighted by molar-refractivity contribution is -0.127. The Morgan fingerprint density at radius 1 is 1.41 bits per heavy atom. The fourth-order valence-electron chi connectivity index (χ4n) is 1.95. The van der Waals surface area contributed by atoms with Gasteiger partial charge in [-0.3, -0.25) is 9.69 Å². The van der Waals surface area contributed by atoms with Crippen LogP contribution in [0.15, 0.2) is 0 Å². The molecule has 0 bridgehead atoms. The molecule has 1 saturated heterocycles. The molecule has 2 atom stereocenters. The van der Waals surface area contributed by atoms with Gasteiger partial charge in [0.05, 0.1) is 0 Å². The molecule has 1 heterocycles. The van der Waals surface area contributed by atoms with Crippen LogP contribution in [0.1, 0.15) is 39.5 Å². The second kappa shape index (κ2) is 6.99. The van der Waals surface area contributed by atoms with E-state index in [1.165, 1.54) is 4.90 Å². The summed E-state index contributed by atoms with van der Waals surface area (Å²) in [6, 6.07) is -0.515. The predicted molar refractivity (Wildman–Crippen MR) is 71.1 cm³/mol. The molecule has 0 aromatic carbocycles. The normalized spacial score (nSPS) is 21.8. The lowest BCUT2D eigenvalue weighted by atomic mass is 10.1. The summed E-state index contributed by atoms with van der Waals surface area (Å²) in [6.07, 6.45) is 3.59. The van der Waals surface area contributed by atoms with Crippen LogP contribution in [-0.2, 0) is 4.79 Å². The van der Waals surface area contributed by atoms with Gasteiger partial charge in [0.25, 0.3) is 5.91 Å². The molecule has 1 fully saturated rings. The quantitative estimate of drug-likeness (QED) is 0.580. The van der Waals surface area contributed by atoms with Crippen LogP contribution in [0.4, 0.5) is 4.79 Å². The summed E-state index contributed by atoms with van der Waals surface area (Å²) < 4.78 is 0. The van der Waals surface area contributed by atoms with Gasteiger partial charge in [-0.15, -0.1) is 0 Å². The molecule has 3 amide bonds. The van der Waals surface area contributed by atoms with Crippen molar-refractivity contribution < 1.29 is 9.59 Å². The van der Waals surface area contributed by atoms with Crippen molar-refractivity contribution in [2.75, 3.05) is 11.9 Å². The number of nitrogens with one attached hydrogen (secondary N) is 1. The van der Waals surface area contributed by atoms with Crippen molar-refractivity contribution in [3.05, 3.63) is 0 Å². The lowest BCUT2D eigenvalue weighted by Crippen LogP contribution is -2.33. The van der Waals surface area contributed by atoms with Crippen molar-refractivity contribution in [3.63, 3.8) is 0 Å². The highest BCUT2D eigenvalue weighted by Gasteiger charge is 2.36. The molecule has 98 valence electrons. The van der Waals surface area contributed by atoms with Gasteiger partial charge in [-0.25, -0.2) is 4.79 Å². The highest BCUT2D eigenvalue weighted by molar-refractivity contribution is 9.09. The van der Waals surface area contributed by atoms with Crippen molar-refractivity contribution >= 4 is 27.9 Å². The van der Waals surface area contributed by atoms with Crippen LogP contribution in [-0.4, -0.2) is 34.8 Å². The number of urea groups is 1. The molecule has 0 aliphatic carbocycles. The van der Waals surface area contributed by atoms with E-state index in [1.54, 1.807) is 0 Å². The molecule has 1 rings (SSSR count). The second-order valence-electron chi connectivity index (χ2n) is 4.65. The Labute approximate surface area is 111 Å². The van der Waals surface area contributed by atoms with Crippen LogP contribution in [0, 0.1) is 5.92 Å². The summed E-state index contributed by atoms with van der Waals surface area (Å²) in [7, 11) is 0. The Balaban J connectivity index is 2.43. The van der Waals surface area contributed by atoms with Crippen LogP contribution >= 0.6 is 15.9 Å². The Bertz CT molecular complexity index is 284. The first kappa shape index (κ1) is 14.5. The molecule has 1 aliphatic rings. The number of halogens is 1. The topological polar surface area (TPSA) is 49.4 Å². The zero-order valence-electron chi connectivity index (χ0n) is 10.5. The molecule has 0 aromatic rings. The number of carbonyl (C=O) groups is 2. The molecule has 1 aliphatic heterocycles. The van der Waals surface area contributed by atoms with E-state index in [9.17, 15) is 9.59 Å². The van der Waals surface area contributed by atoms with Crippen molar-refractivity contribution in [2.24, 2.45) is 5.92 Å². The van der Waals surface area contributed by atoms with Gasteiger partial charge >= 0.3 is 6.03 Å². The minimum atomic E-state index is -0.293. The van der Waals surface area contributed by atoms with Crippen LogP contribution < -0.4 is 5.32 Å². The van der Waals surface area contributed by atoms with Crippen LogP contribution in [0.5, 0.6) is 0 Å². The van der Waals surface area contributed by atoms with Crippen LogP contribution in [0.25, 0.3) is 0 Å². The van der Waals surface area contributed by atoms with Crippen molar-refractivity contribution in [2.45, 2.75) is 45.6 Å². The molecule has 4 nitrogen and oxygen atoms in total. The van der Waals surface area contributed by atoms with Crippen molar-refractivity contribution in [1.29, 1.82) is 0 Å². The molecule has 0 saturated carbocycles. The number of alkyl halides is 1. The third-order valence-electron chi connectivity index (χ3n) is 3.13. The zero-order chi connectivity index (χ0) is 12.8. The zero-order valence-corrected chi connectivity index (χ0v) is 12.1. The first-order chi connectivity index (χ1) is 8.10. The van der Waals surface area contributed by atoms with Gasteiger partial charge in [0.2, 0.25) is 0 Å². The third-order valence-corrected chi connectivity index (χ3v) is 3.59. The molecule has 17 heavy (non-hydrogen) atoms. The summed E-state index contributed by atoms with van der Waals surface area (Å²) in [5, 5.41) is 3.70. The van der Waals surface area contributed by atoms with Gasteiger partial charge in [0.1, 0.15) is 6.04 Å². The maximum atomic E-state index is 11.9. The van der Waals surface area contributed by atoms with Crippen molar-refractivity contribution in [3.8, 4) is 0 Å². The monoisotopic (exact) mass is 304 g/mol. The van der Waals surface area contributed by atoms with E-state index < -0.39 is 0 Å². The Hall–Kier alpha value is -0.580. The van der Waals surface area contributed by atoms with E-state index >= 15 is 0 Å². The molecule has 0 aromatic heterocycles. The largest absolute Gasteiger partial charge is 0.326 e. The lowest BCUT2D eigenvalue weighted by Gasteiger charge is -2.15. The van der Waals surface area contributed by atoms with Crippen molar-refractivity contribution in [1.82, 2.24) is 10.2 Å². The van der Waals surface area contributed by atoms with Crippen LogP contribution in [0.3, 0.4) is 0 Å². The Morgan fingerprint density at radius 2 is 2.12 bits per heavy atom. The van der Waals surface area contributed by atoms with Gasteiger partial charge in [-0.1, -0.05) is 36.2 Å². The number of hydrogen-bond donors (Lipinski definition) is 1. The summed E-state index contributed by atoms with van der Waals surface area (Å²) in [4.78, 5) is 24.9. The van der Waals surface area contributed by atoms with Gasteiger partial charge in [0.15, 0.2) is 0 Å². The molecular weight excluding hydrogens is 284 g/mol. The third kappa shape index (κ3) is 3.98. The van der Waals surface area contributed by atoms with E-state index in [1.807, 2.05) is 6.92 Å².